The number of hydrogen-bond donors (Lipinski definition) is 0. The van der Waals surface area contributed by atoms with E-state index in [1.807, 2.05) is 45.9 Å². The second-order valence-electron chi connectivity index (χ2n) is 10.6. The Labute approximate surface area is 219 Å². The average Bonchev–Trinajstić information content (AvgIpc) is 3.82. The molecule has 2 saturated heterocycles. The summed E-state index contributed by atoms with van der Waals surface area (Å²) in [5, 5.41) is 0. The summed E-state index contributed by atoms with van der Waals surface area (Å²) >= 11 is 0. The third-order valence-corrected chi connectivity index (χ3v) is 6.70. The first-order chi connectivity index (χ1) is 17.7. The molecule has 0 saturated carbocycles. The Hall–Kier alpha value is -2.90. The predicted octanol–water partition coefficient (Wildman–Crippen LogP) is 6.39. The molecule has 2 heterocycles. The van der Waals surface area contributed by atoms with Gasteiger partial charge in [-0.1, -0.05) is 42.5 Å². The van der Waals surface area contributed by atoms with Crippen LogP contribution in [0.2, 0.25) is 0 Å². The lowest BCUT2D eigenvalue weighted by Gasteiger charge is -2.18. The summed E-state index contributed by atoms with van der Waals surface area (Å²) in [6.07, 6.45) is -0.666. The maximum atomic E-state index is 6.00. The third kappa shape index (κ3) is 6.90. The van der Waals surface area contributed by atoms with Crippen molar-refractivity contribution in [3.05, 3.63) is 72.3 Å². The van der Waals surface area contributed by atoms with E-state index in [-0.39, 0.29) is 23.8 Å². The van der Waals surface area contributed by atoms with E-state index in [4.69, 9.17) is 28.4 Å². The van der Waals surface area contributed by atoms with E-state index in [0.717, 1.165) is 52.5 Å². The monoisotopic (exact) mass is 504 g/mol. The Kier molecular flexibility index (Phi) is 7.28. The Balaban J connectivity index is 1.16. The quantitative estimate of drug-likeness (QED) is 0.210. The molecular weight excluding hydrogens is 468 g/mol. The molecule has 0 spiro atoms. The average molecular weight is 505 g/mol. The number of epoxide rings is 2. The van der Waals surface area contributed by atoms with Crippen LogP contribution in [0, 0.1) is 6.92 Å². The van der Waals surface area contributed by atoms with Crippen molar-refractivity contribution in [1.82, 2.24) is 0 Å². The molecule has 0 aliphatic carbocycles. The van der Waals surface area contributed by atoms with Crippen molar-refractivity contribution in [2.75, 3.05) is 26.4 Å². The number of ether oxygens (including phenoxy) is 6. The molecule has 3 aromatic rings. The molecule has 0 aromatic heterocycles. The molecule has 0 amide bonds. The van der Waals surface area contributed by atoms with Crippen LogP contribution in [0.1, 0.15) is 33.3 Å². The lowest BCUT2D eigenvalue weighted by Crippen LogP contribution is -2.24. The van der Waals surface area contributed by atoms with Gasteiger partial charge in [-0.2, -0.15) is 0 Å². The number of hydrogen-bond acceptors (Lipinski definition) is 6. The van der Waals surface area contributed by atoms with Crippen molar-refractivity contribution in [2.24, 2.45) is 0 Å². The van der Waals surface area contributed by atoms with Gasteiger partial charge < -0.3 is 28.4 Å². The summed E-state index contributed by atoms with van der Waals surface area (Å²) in [5.41, 5.74) is 5.36. The van der Waals surface area contributed by atoms with Crippen LogP contribution in [0.25, 0.3) is 22.3 Å². The fraction of sp³-hybridized carbons (Fsp3) is 0.419. The van der Waals surface area contributed by atoms with Gasteiger partial charge in [0, 0.05) is 0 Å². The zero-order chi connectivity index (χ0) is 26.0. The maximum absolute atomic E-state index is 6.00. The van der Waals surface area contributed by atoms with Crippen LogP contribution in [0.15, 0.2) is 66.7 Å². The minimum absolute atomic E-state index is 0.139. The SMILES string of the molecule is Cc1cc(-c2ccc(-c3ccc(OC(C)OCC4(C)CO4)cc3)cc2)ccc1OC(C)OCC1(C)CO1. The van der Waals surface area contributed by atoms with Gasteiger partial charge in [0.25, 0.3) is 0 Å². The topological polar surface area (TPSA) is 62.0 Å². The first-order valence-electron chi connectivity index (χ1n) is 12.9. The highest BCUT2D eigenvalue weighted by atomic mass is 16.7. The van der Waals surface area contributed by atoms with E-state index < -0.39 is 0 Å². The molecule has 2 fully saturated rings. The molecule has 2 aliphatic rings. The highest BCUT2D eigenvalue weighted by Crippen LogP contribution is 2.31. The van der Waals surface area contributed by atoms with Gasteiger partial charge >= 0.3 is 0 Å². The van der Waals surface area contributed by atoms with Crippen LogP contribution in [0.4, 0.5) is 0 Å². The first-order valence-corrected chi connectivity index (χ1v) is 12.9. The van der Waals surface area contributed by atoms with Gasteiger partial charge in [-0.25, -0.2) is 0 Å². The van der Waals surface area contributed by atoms with Gasteiger partial charge in [-0.3, -0.25) is 0 Å². The minimum Gasteiger partial charge on any atom is -0.465 e. The highest BCUT2D eigenvalue weighted by Gasteiger charge is 2.40. The molecule has 2 aliphatic heterocycles. The third-order valence-electron chi connectivity index (χ3n) is 6.70. The van der Waals surface area contributed by atoms with Crippen molar-refractivity contribution in [2.45, 2.75) is 58.4 Å². The van der Waals surface area contributed by atoms with Crippen LogP contribution in [-0.4, -0.2) is 50.2 Å². The highest BCUT2D eigenvalue weighted by molar-refractivity contribution is 5.71. The summed E-state index contributed by atoms with van der Waals surface area (Å²) < 4.78 is 34.1. The molecule has 37 heavy (non-hydrogen) atoms. The van der Waals surface area contributed by atoms with Gasteiger partial charge in [0.2, 0.25) is 0 Å². The van der Waals surface area contributed by atoms with E-state index in [2.05, 4.69) is 55.5 Å². The molecule has 0 radical (unpaired) electrons. The van der Waals surface area contributed by atoms with E-state index >= 15 is 0 Å². The fourth-order valence-electron chi connectivity index (χ4n) is 3.98. The number of aryl methyl sites for hydroxylation is 1. The predicted molar refractivity (Wildman–Crippen MR) is 143 cm³/mol. The molecular formula is C31H36O6. The summed E-state index contributed by atoms with van der Waals surface area (Å²) in [7, 11) is 0. The summed E-state index contributed by atoms with van der Waals surface area (Å²) in [6, 6.07) is 22.9. The first kappa shape index (κ1) is 25.7. The van der Waals surface area contributed by atoms with E-state index in [1.165, 1.54) is 0 Å². The molecule has 196 valence electrons. The van der Waals surface area contributed by atoms with E-state index in [0.29, 0.717) is 13.2 Å². The Morgan fingerprint density at radius 1 is 0.676 bits per heavy atom. The van der Waals surface area contributed by atoms with Crippen molar-refractivity contribution < 1.29 is 28.4 Å². The largest absolute Gasteiger partial charge is 0.465 e. The number of benzene rings is 3. The summed E-state index contributed by atoms with van der Waals surface area (Å²) in [5.74, 6) is 1.61. The van der Waals surface area contributed by atoms with Gasteiger partial charge in [-0.15, -0.1) is 0 Å². The lowest BCUT2D eigenvalue weighted by atomic mass is 9.99. The van der Waals surface area contributed by atoms with Crippen molar-refractivity contribution >= 4 is 0 Å². The van der Waals surface area contributed by atoms with Gasteiger partial charge in [0.1, 0.15) is 22.7 Å². The zero-order valence-electron chi connectivity index (χ0n) is 22.3. The molecule has 4 unspecified atom stereocenters. The van der Waals surface area contributed by atoms with Crippen molar-refractivity contribution in [1.29, 1.82) is 0 Å². The van der Waals surface area contributed by atoms with E-state index in [9.17, 15) is 0 Å². The van der Waals surface area contributed by atoms with Gasteiger partial charge in [-0.05, 0) is 86.7 Å². The van der Waals surface area contributed by atoms with Crippen LogP contribution in [0.5, 0.6) is 11.5 Å². The lowest BCUT2D eigenvalue weighted by molar-refractivity contribution is -0.0815. The molecule has 6 nitrogen and oxygen atoms in total. The molecule has 3 aromatic carbocycles. The van der Waals surface area contributed by atoms with Crippen molar-refractivity contribution in [3.8, 4) is 33.8 Å². The number of rotatable bonds is 12. The molecule has 6 heteroatoms. The van der Waals surface area contributed by atoms with Gasteiger partial charge in [0.15, 0.2) is 12.6 Å². The van der Waals surface area contributed by atoms with Crippen LogP contribution in [-0.2, 0) is 18.9 Å². The van der Waals surface area contributed by atoms with Gasteiger partial charge in [0.05, 0.1) is 26.4 Å². The smallest absolute Gasteiger partial charge is 0.197 e. The van der Waals surface area contributed by atoms with Crippen LogP contribution >= 0.6 is 0 Å². The summed E-state index contributed by atoms with van der Waals surface area (Å²) in [4.78, 5) is 0. The Morgan fingerprint density at radius 3 is 1.59 bits per heavy atom. The van der Waals surface area contributed by atoms with Crippen molar-refractivity contribution in [3.63, 3.8) is 0 Å². The molecule has 0 bridgehead atoms. The second-order valence-corrected chi connectivity index (χ2v) is 10.6. The Bertz CT molecular complexity index is 1200. The Morgan fingerprint density at radius 2 is 1.11 bits per heavy atom. The maximum Gasteiger partial charge on any atom is 0.197 e. The molecule has 4 atom stereocenters. The fourth-order valence-corrected chi connectivity index (χ4v) is 3.98. The standard InChI is InChI=1S/C31H36O6/c1-21-16-27(12-15-29(21)37-23(3)33-18-31(5)20-35-31)26-8-6-24(7-9-26)25-10-13-28(14-11-25)36-22(2)32-17-30(4)19-34-30/h6-16,22-23H,17-20H2,1-5H3. The van der Waals surface area contributed by atoms with Crippen LogP contribution < -0.4 is 9.47 Å². The zero-order valence-corrected chi connectivity index (χ0v) is 22.3. The molecule has 0 N–H and O–H groups in total. The summed E-state index contributed by atoms with van der Waals surface area (Å²) in [6.45, 7) is 12.5. The van der Waals surface area contributed by atoms with E-state index in [1.54, 1.807) is 0 Å². The van der Waals surface area contributed by atoms with Crippen LogP contribution in [0.3, 0.4) is 0 Å². The second kappa shape index (κ2) is 10.5. The molecule has 5 rings (SSSR count). The minimum atomic E-state index is -0.335. The normalized spacial score (nSPS) is 23.8.